The maximum absolute atomic E-state index is 13.2. The summed E-state index contributed by atoms with van der Waals surface area (Å²) >= 11 is 0. The van der Waals surface area contributed by atoms with E-state index in [1.165, 1.54) is 23.1 Å². The summed E-state index contributed by atoms with van der Waals surface area (Å²) in [6.45, 7) is 1.21. The van der Waals surface area contributed by atoms with Gasteiger partial charge in [-0.05, 0) is 30.7 Å². The summed E-state index contributed by atoms with van der Waals surface area (Å²) < 4.78 is 39.6. The first kappa shape index (κ1) is 23.3. The van der Waals surface area contributed by atoms with Crippen LogP contribution in [0.1, 0.15) is 39.1 Å². The molecule has 9 heteroatoms. The van der Waals surface area contributed by atoms with Crippen LogP contribution < -0.4 is 5.32 Å². The van der Waals surface area contributed by atoms with Crippen molar-refractivity contribution in [1.82, 2.24) is 15.1 Å². The number of hydrogen-bond donors (Lipinski definition) is 1. The van der Waals surface area contributed by atoms with Gasteiger partial charge in [0.15, 0.2) is 0 Å². The molecule has 1 aliphatic rings. The molecule has 6 nitrogen and oxygen atoms in total. The number of carbonyl (C=O) groups excluding carboxylic acids is 3. The number of rotatable bonds is 6. The van der Waals surface area contributed by atoms with Crippen molar-refractivity contribution in [3.8, 4) is 0 Å². The lowest BCUT2D eigenvalue weighted by Gasteiger charge is -2.35. The third-order valence-corrected chi connectivity index (χ3v) is 5.27. The fourth-order valence-electron chi connectivity index (χ4n) is 3.54. The standard InChI is InChI=1S/C23H24F3N3O3/c24-23(25,26)19-10-5-4-9-18(19)22(32)29-15-13-28(14-16-29)20(30)11-6-12-27-21(31)17-7-2-1-3-8-17/h1-5,7-10H,6,11-16H2,(H,27,31). The minimum absolute atomic E-state index is 0.109. The monoisotopic (exact) mass is 447 g/mol. The second-order valence-electron chi connectivity index (χ2n) is 7.44. The summed E-state index contributed by atoms with van der Waals surface area (Å²) in [7, 11) is 0. The van der Waals surface area contributed by atoms with E-state index in [9.17, 15) is 27.6 Å². The predicted octanol–water partition coefficient (Wildman–Crippen LogP) is 3.20. The Labute approximate surface area is 184 Å². The van der Waals surface area contributed by atoms with Gasteiger partial charge in [0, 0.05) is 44.7 Å². The van der Waals surface area contributed by atoms with E-state index in [-0.39, 0.29) is 50.0 Å². The minimum atomic E-state index is -4.61. The van der Waals surface area contributed by atoms with Crippen LogP contribution >= 0.6 is 0 Å². The number of benzene rings is 2. The zero-order valence-corrected chi connectivity index (χ0v) is 17.4. The van der Waals surface area contributed by atoms with Crippen molar-refractivity contribution in [1.29, 1.82) is 0 Å². The molecule has 0 aromatic heterocycles. The second-order valence-corrected chi connectivity index (χ2v) is 7.44. The molecule has 3 rings (SSSR count). The molecule has 0 unspecified atom stereocenters. The summed E-state index contributed by atoms with van der Waals surface area (Å²) in [5.41, 5.74) is -0.790. The van der Waals surface area contributed by atoms with E-state index in [0.717, 1.165) is 6.07 Å². The van der Waals surface area contributed by atoms with Crippen molar-refractivity contribution >= 4 is 17.7 Å². The number of amides is 3. The van der Waals surface area contributed by atoms with E-state index >= 15 is 0 Å². The van der Waals surface area contributed by atoms with Gasteiger partial charge in [-0.1, -0.05) is 30.3 Å². The van der Waals surface area contributed by atoms with Crippen LogP contribution in [0.3, 0.4) is 0 Å². The number of piperazine rings is 1. The van der Waals surface area contributed by atoms with Crippen molar-refractivity contribution < 1.29 is 27.6 Å². The normalized spacial score (nSPS) is 14.2. The third-order valence-electron chi connectivity index (χ3n) is 5.27. The summed E-state index contributed by atoms with van der Waals surface area (Å²) in [5, 5.41) is 2.76. The Balaban J connectivity index is 1.44. The molecule has 32 heavy (non-hydrogen) atoms. The van der Waals surface area contributed by atoms with Gasteiger partial charge in [0.05, 0.1) is 11.1 Å². The zero-order chi connectivity index (χ0) is 23.1. The lowest BCUT2D eigenvalue weighted by atomic mass is 10.1. The number of hydrogen-bond acceptors (Lipinski definition) is 3. The molecular weight excluding hydrogens is 423 g/mol. The maximum Gasteiger partial charge on any atom is 0.417 e. The molecule has 1 heterocycles. The van der Waals surface area contributed by atoms with Crippen molar-refractivity contribution in [2.24, 2.45) is 0 Å². The van der Waals surface area contributed by atoms with Gasteiger partial charge in [-0.2, -0.15) is 13.2 Å². The van der Waals surface area contributed by atoms with Crippen LogP contribution in [0.2, 0.25) is 0 Å². The van der Waals surface area contributed by atoms with Gasteiger partial charge in [-0.25, -0.2) is 0 Å². The Kier molecular flexibility index (Phi) is 7.50. The predicted molar refractivity (Wildman–Crippen MR) is 112 cm³/mol. The van der Waals surface area contributed by atoms with Gasteiger partial charge in [-0.15, -0.1) is 0 Å². The lowest BCUT2D eigenvalue weighted by Crippen LogP contribution is -2.50. The van der Waals surface area contributed by atoms with E-state index in [2.05, 4.69) is 5.32 Å². The van der Waals surface area contributed by atoms with Gasteiger partial charge in [-0.3, -0.25) is 14.4 Å². The van der Waals surface area contributed by atoms with E-state index in [1.54, 1.807) is 29.2 Å². The third kappa shape index (κ3) is 5.87. The van der Waals surface area contributed by atoms with Gasteiger partial charge in [0.1, 0.15) is 0 Å². The highest BCUT2D eigenvalue weighted by molar-refractivity contribution is 5.96. The van der Waals surface area contributed by atoms with Crippen LogP contribution in [0.4, 0.5) is 13.2 Å². The molecule has 3 amide bonds. The Morgan fingerprint density at radius 3 is 2.09 bits per heavy atom. The number of alkyl halides is 3. The average Bonchev–Trinajstić information content (AvgIpc) is 2.81. The first-order valence-electron chi connectivity index (χ1n) is 10.3. The largest absolute Gasteiger partial charge is 0.417 e. The fraction of sp³-hybridized carbons (Fsp3) is 0.348. The molecule has 0 bridgehead atoms. The summed E-state index contributed by atoms with van der Waals surface area (Å²) in [6, 6.07) is 13.5. The van der Waals surface area contributed by atoms with E-state index < -0.39 is 17.6 Å². The zero-order valence-electron chi connectivity index (χ0n) is 17.4. The molecule has 1 saturated heterocycles. The van der Waals surface area contributed by atoms with Gasteiger partial charge in [0.2, 0.25) is 5.91 Å². The highest BCUT2D eigenvalue weighted by Gasteiger charge is 2.36. The highest BCUT2D eigenvalue weighted by atomic mass is 19.4. The molecule has 0 atom stereocenters. The van der Waals surface area contributed by atoms with Crippen LogP contribution in [0.25, 0.3) is 0 Å². The van der Waals surface area contributed by atoms with E-state index in [0.29, 0.717) is 18.5 Å². The van der Waals surface area contributed by atoms with Crippen LogP contribution in [0, 0.1) is 0 Å². The number of halogens is 3. The highest BCUT2D eigenvalue weighted by Crippen LogP contribution is 2.32. The van der Waals surface area contributed by atoms with Gasteiger partial charge < -0.3 is 15.1 Å². The van der Waals surface area contributed by atoms with Gasteiger partial charge in [0.25, 0.3) is 11.8 Å². The second kappa shape index (κ2) is 10.3. The van der Waals surface area contributed by atoms with Gasteiger partial charge >= 0.3 is 6.18 Å². The Morgan fingerprint density at radius 2 is 1.44 bits per heavy atom. The lowest BCUT2D eigenvalue weighted by molar-refractivity contribution is -0.138. The topological polar surface area (TPSA) is 69.7 Å². The molecule has 1 fully saturated rings. The summed E-state index contributed by atoms with van der Waals surface area (Å²) in [6.07, 6.45) is -3.91. The number of nitrogens with zero attached hydrogens (tertiary/aromatic N) is 2. The smallest absolute Gasteiger partial charge is 0.352 e. The molecule has 0 aliphatic carbocycles. The first-order chi connectivity index (χ1) is 15.3. The molecular formula is C23H24F3N3O3. The molecule has 170 valence electrons. The first-order valence-corrected chi connectivity index (χ1v) is 10.3. The van der Waals surface area contributed by atoms with Crippen LogP contribution in [0.5, 0.6) is 0 Å². The molecule has 1 N–H and O–H groups in total. The van der Waals surface area contributed by atoms with Crippen LogP contribution in [0.15, 0.2) is 54.6 Å². The number of nitrogens with one attached hydrogen (secondary N) is 1. The van der Waals surface area contributed by atoms with E-state index in [1.807, 2.05) is 6.07 Å². The van der Waals surface area contributed by atoms with Crippen LogP contribution in [-0.2, 0) is 11.0 Å². The fourth-order valence-corrected chi connectivity index (χ4v) is 3.54. The van der Waals surface area contributed by atoms with Crippen molar-refractivity contribution in [2.45, 2.75) is 19.0 Å². The van der Waals surface area contributed by atoms with E-state index in [4.69, 9.17) is 0 Å². The minimum Gasteiger partial charge on any atom is -0.352 e. The molecule has 0 radical (unpaired) electrons. The average molecular weight is 447 g/mol. The Bertz CT molecular complexity index is 956. The Hall–Kier alpha value is -3.36. The molecule has 1 aliphatic heterocycles. The van der Waals surface area contributed by atoms with Crippen molar-refractivity contribution in [3.63, 3.8) is 0 Å². The molecule has 0 saturated carbocycles. The quantitative estimate of drug-likeness (QED) is 0.692. The molecule has 2 aromatic carbocycles. The van der Waals surface area contributed by atoms with Crippen LogP contribution in [-0.4, -0.2) is 60.2 Å². The summed E-state index contributed by atoms with van der Waals surface area (Å²) in [4.78, 5) is 39.9. The SMILES string of the molecule is O=C(NCCCC(=O)N1CCN(C(=O)c2ccccc2C(F)(F)F)CC1)c1ccccc1. The molecule has 2 aromatic rings. The molecule has 0 spiro atoms. The van der Waals surface area contributed by atoms with Crippen molar-refractivity contribution in [2.75, 3.05) is 32.7 Å². The maximum atomic E-state index is 13.2. The summed E-state index contributed by atoms with van der Waals surface area (Å²) in [5.74, 6) is -1.00. The Morgan fingerprint density at radius 1 is 0.844 bits per heavy atom. The van der Waals surface area contributed by atoms with Crippen molar-refractivity contribution in [3.05, 3.63) is 71.3 Å². The number of carbonyl (C=O) groups is 3.